The summed E-state index contributed by atoms with van der Waals surface area (Å²) in [5, 5.41) is 4.01. The Bertz CT molecular complexity index is 437. The van der Waals surface area contributed by atoms with Gasteiger partial charge in [0, 0.05) is 6.20 Å². The van der Waals surface area contributed by atoms with E-state index in [0.29, 0.717) is 6.54 Å². The highest BCUT2D eigenvalue weighted by Crippen LogP contribution is 2.21. The highest BCUT2D eigenvalue weighted by molar-refractivity contribution is 6.33. The van der Waals surface area contributed by atoms with Gasteiger partial charge in [-0.05, 0) is 30.7 Å². The summed E-state index contributed by atoms with van der Waals surface area (Å²) in [6.07, 6.45) is 1.80. The Hall–Kier alpha value is -1.54. The van der Waals surface area contributed by atoms with Crippen LogP contribution >= 0.6 is 11.6 Å². The summed E-state index contributed by atoms with van der Waals surface area (Å²) >= 11 is 6.05. The molecule has 0 saturated carbocycles. The number of aryl methyl sites for hydroxylation is 1. The zero-order valence-electron chi connectivity index (χ0n) is 9.07. The second-order valence-electron chi connectivity index (χ2n) is 3.60. The second-order valence-corrected chi connectivity index (χ2v) is 4.01. The molecule has 0 atom stereocenters. The molecule has 16 heavy (non-hydrogen) atoms. The number of halogens is 1. The van der Waals surface area contributed by atoms with Crippen LogP contribution in [-0.2, 0) is 6.54 Å². The monoisotopic (exact) mass is 232 g/mol. The minimum absolute atomic E-state index is 0.691. The second kappa shape index (κ2) is 4.99. The predicted octanol–water partition coefficient (Wildman–Crippen LogP) is 3.66. The normalized spacial score (nSPS) is 10.1. The van der Waals surface area contributed by atoms with Crippen LogP contribution in [0, 0.1) is 6.92 Å². The SMILES string of the molecule is Cc1cccnc1CNc1ccccc1Cl. The fraction of sp³-hybridized carbons (Fsp3) is 0.154. The van der Waals surface area contributed by atoms with Gasteiger partial charge in [0.05, 0.1) is 22.9 Å². The number of rotatable bonds is 3. The number of para-hydroxylation sites is 1. The van der Waals surface area contributed by atoms with Crippen LogP contribution in [-0.4, -0.2) is 4.98 Å². The molecule has 2 rings (SSSR count). The Balaban J connectivity index is 2.09. The molecule has 0 aliphatic heterocycles. The molecular weight excluding hydrogens is 220 g/mol. The number of nitrogens with zero attached hydrogens (tertiary/aromatic N) is 1. The Morgan fingerprint density at radius 1 is 1.19 bits per heavy atom. The van der Waals surface area contributed by atoms with Gasteiger partial charge >= 0.3 is 0 Å². The number of hydrogen-bond donors (Lipinski definition) is 1. The van der Waals surface area contributed by atoms with E-state index in [9.17, 15) is 0 Å². The van der Waals surface area contributed by atoms with Crippen LogP contribution in [0.1, 0.15) is 11.3 Å². The summed E-state index contributed by atoms with van der Waals surface area (Å²) in [5.41, 5.74) is 3.17. The first-order valence-corrected chi connectivity index (χ1v) is 5.54. The van der Waals surface area contributed by atoms with Gasteiger partial charge in [0.25, 0.3) is 0 Å². The van der Waals surface area contributed by atoms with Gasteiger partial charge in [-0.25, -0.2) is 0 Å². The Labute approximate surface area is 100 Å². The first-order valence-electron chi connectivity index (χ1n) is 5.16. The van der Waals surface area contributed by atoms with Crippen molar-refractivity contribution in [2.45, 2.75) is 13.5 Å². The Morgan fingerprint density at radius 2 is 2.00 bits per heavy atom. The standard InChI is InChI=1S/C13H13ClN2/c1-10-5-4-8-15-13(10)9-16-12-7-3-2-6-11(12)14/h2-8,16H,9H2,1H3. The third-order valence-electron chi connectivity index (χ3n) is 2.44. The van der Waals surface area contributed by atoms with Gasteiger partial charge in [0.1, 0.15) is 0 Å². The van der Waals surface area contributed by atoms with Gasteiger partial charge in [-0.3, -0.25) is 4.98 Å². The van der Waals surface area contributed by atoms with Crippen molar-refractivity contribution in [1.82, 2.24) is 4.98 Å². The molecule has 1 heterocycles. The maximum atomic E-state index is 6.05. The van der Waals surface area contributed by atoms with Crippen molar-refractivity contribution in [3.05, 3.63) is 58.9 Å². The maximum absolute atomic E-state index is 6.05. The van der Waals surface area contributed by atoms with Crippen molar-refractivity contribution in [1.29, 1.82) is 0 Å². The van der Waals surface area contributed by atoms with Crippen molar-refractivity contribution in [3.63, 3.8) is 0 Å². The van der Waals surface area contributed by atoms with E-state index in [4.69, 9.17) is 11.6 Å². The van der Waals surface area contributed by atoms with Crippen LogP contribution in [0.4, 0.5) is 5.69 Å². The molecule has 0 aliphatic carbocycles. The molecule has 3 heteroatoms. The molecular formula is C13H13ClN2. The molecule has 0 radical (unpaired) electrons. The van der Waals surface area contributed by atoms with E-state index in [2.05, 4.69) is 23.3 Å². The lowest BCUT2D eigenvalue weighted by molar-refractivity contribution is 1.02. The molecule has 0 aliphatic rings. The van der Waals surface area contributed by atoms with Crippen LogP contribution in [0.25, 0.3) is 0 Å². The summed E-state index contributed by atoms with van der Waals surface area (Å²) in [7, 11) is 0. The summed E-state index contributed by atoms with van der Waals surface area (Å²) in [6, 6.07) is 11.7. The molecule has 1 N–H and O–H groups in total. The summed E-state index contributed by atoms with van der Waals surface area (Å²) in [5.74, 6) is 0. The summed E-state index contributed by atoms with van der Waals surface area (Å²) in [6.45, 7) is 2.74. The van der Waals surface area contributed by atoms with E-state index in [1.807, 2.05) is 30.3 Å². The molecule has 0 unspecified atom stereocenters. The lowest BCUT2D eigenvalue weighted by Crippen LogP contribution is -2.03. The van der Waals surface area contributed by atoms with E-state index in [1.165, 1.54) is 5.56 Å². The van der Waals surface area contributed by atoms with E-state index in [-0.39, 0.29) is 0 Å². The lowest BCUT2D eigenvalue weighted by atomic mass is 10.2. The molecule has 1 aromatic heterocycles. The van der Waals surface area contributed by atoms with Crippen molar-refractivity contribution in [2.75, 3.05) is 5.32 Å². The first-order chi connectivity index (χ1) is 7.77. The van der Waals surface area contributed by atoms with Crippen molar-refractivity contribution >= 4 is 17.3 Å². The molecule has 0 saturated heterocycles. The van der Waals surface area contributed by atoms with E-state index in [1.54, 1.807) is 6.20 Å². The van der Waals surface area contributed by atoms with Gasteiger partial charge in [0.2, 0.25) is 0 Å². The Morgan fingerprint density at radius 3 is 2.75 bits per heavy atom. The largest absolute Gasteiger partial charge is 0.378 e. The highest BCUT2D eigenvalue weighted by Gasteiger charge is 2.00. The van der Waals surface area contributed by atoms with Gasteiger partial charge in [0.15, 0.2) is 0 Å². The zero-order valence-corrected chi connectivity index (χ0v) is 9.83. The fourth-order valence-electron chi connectivity index (χ4n) is 1.49. The zero-order chi connectivity index (χ0) is 11.4. The van der Waals surface area contributed by atoms with Gasteiger partial charge in [-0.2, -0.15) is 0 Å². The van der Waals surface area contributed by atoms with Crippen molar-refractivity contribution < 1.29 is 0 Å². The van der Waals surface area contributed by atoms with E-state index in [0.717, 1.165) is 16.4 Å². The third kappa shape index (κ3) is 2.52. The van der Waals surface area contributed by atoms with Gasteiger partial charge in [-0.1, -0.05) is 29.8 Å². The molecule has 0 fully saturated rings. The number of benzene rings is 1. The topological polar surface area (TPSA) is 24.9 Å². The van der Waals surface area contributed by atoms with E-state index >= 15 is 0 Å². The van der Waals surface area contributed by atoms with Crippen LogP contribution < -0.4 is 5.32 Å². The fourth-order valence-corrected chi connectivity index (χ4v) is 1.69. The van der Waals surface area contributed by atoms with Crippen LogP contribution in [0.5, 0.6) is 0 Å². The van der Waals surface area contributed by atoms with Gasteiger partial charge < -0.3 is 5.32 Å². The highest BCUT2D eigenvalue weighted by atomic mass is 35.5. The summed E-state index contributed by atoms with van der Waals surface area (Å²) < 4.78 is 0. The lowest BCUT2D eigenvalue weighted by Gasteiger charge is -2.09. The molecule has 2 nitrogen and oxygen atoms in total. The minimum atomic E-state index is 0.691. The third-order valence-corrected chi connectivity index (χ3v) is 2.77. The van der Waals surface area contributed by atoms with Crippen LogP contribution in [0.2, 0.25) is 5.02 Å². The number of anilines is 1. The molecule has 0 spiro atoms. The summed E-state index contributed by atoms with van der Waals surface area (Å²) in [4.78, 5) is 4.32. The molecule has 82 valence electrons. The van der Waals surface area contributed by atoms with Gasteiger partial charge in [-0.15, -0.1) is 0 Å². The number of aromatic nitrogens is 1. The smallest absolute Gasteiger partial charge is 0.0637 e. The van der Waals surface area contributed by atoms with Crippen molar-refractivity contribution in [2.24, 2.45) is 0 Å². The van der Waals surface area contributed by atoms with Crippen LogP contribution in [0.15, 0.2) is 42.6 Å². The molecule has 1 aromatic carbocycles. The Kier molecular flexibility index (Phi) is 3.42. The maximum Gasteiger partial charge on any atom is 0.0637 e. The quantitative estimate of drug-likeness (QED) is 0.874. The molecule has 2 aromatic rings. The van der Waals surface area contributed by atoms with Crippen LogP contribution in [0.3, 0.4) is 0 Å². The first kappa shape index (κ1) is 11.0. The predicted molar refractivity (Wildman–Crippen MR) is 67.8 cm³/mol. The van der Waals surface area contributed by atoms with E-state index < -0.39 is 0 Å². The average Bonchev–Trinajstić information content (AvgIpc) is 2.30. The molecule has 0 amide bonds. The molecule has 0 bridgehead atoms. The number of hydrogen-bond acceptors (Lipinski definition) is 2. The van der Waals surface area contributed by atoms with Crippen molar-refractivity contribution in [3.8, 4) is 0 Å². The minimum Gasteiger partial charge on any atom is -0.378 e. The number of pyridine rings is 1. The number of nitrogens with one attached hydrogen (secondary N) is 1. The average molecular weight is 233 g/mol.